The van der Waals surface area contributed by atoms with Crippen LogP contribution in [0.4, 0.5) is 11.8 Å². The first kappa shape index (κ1) is 11.8. The molecular weight excluding hydrogens is 260 g/mol. The van der Waals surface area contributed by atoms with Crippen LogP contribution in [0.25, 0.3) is 10.7 Å². The molecule has 7 heteroatoms. The maximum absolute atomic E-state index is 4.44. The predicted molar refractivity (Wildman–Crippen MR) is 74.5 cm³/mol. The van der Waals surface area contributed by atoms with E-state index >= 15 is 0 Å². The van der Waals surface area contributed by atoms with Crippen LogP contribution in [-0.2, 0) is 0 Å². The van der Waals surface area contributed by atoms with Crippen molar-refractivity contribution in [3.8, 4) is 10.7 Å². The topological polar surface area (TPSA) is 79.4 Å². The Hall–Kier alpha value is -2.28. The Morgan fingerprint density at radius 2 is 2.16 bits per heavy atom. The second kappa shape index (κ2) is 4.77. The first-order valence-electron chi connectivity index (χ1n) is 5.75. The van der Waals surface area contributed by atoms with Crippen LogP contribution in [0.2, 0.25) is 0 Å². The number of nitrogens with one attached hydrogen (secondary N) is 2. The predicted octanol–water partition coefficient (Wildman–Crippen LogP) is 2.68. The molecule has 3 aromatic rings. The summed E-state index contributed by atoms with van der Waals surface area (Å²) in [4.78, 5) is 14.1. The van der Waals surface area contributed by atoms with E-state index in [0.29, 0.717) is 5.95 Å². The van der Waals surface area contributed by atoms with Gasteiger partial charge in [-0.3, -0.25) is 5.10 Å². The number of hydrogen-bond donors (Lipinski definition) is 2. The lowest BCUT2D eigenvalue weighted by molar-refractivity contribution is 1.04. The van der Waals surface area contributed by atoms with Gasteiger partial charge in [0.1, 0.15) is 16.5 Å². The molecule has 96 valence electrons. The van der Waals surface area contributed by atoms with Gasteiger partial charge in [0.25, 0.3) is 0 Å². The lowest BCUT2D eigenvalue weighted by atomic mass is 10.4. The molecule has 0 aliphatic rings. The maximum atomic E-state index is 4.44. The van der Waals surface area contributed by atoms with E-state index in [9.17, 15) is 0 Å². The molecule has 0 amide bonds. The number of aromatic nitrogens is 5. The van der Waals surface area contributed by atoms with E-state index in [1.54, 1.807) is 17.5 Å². The largest absolute Gasteiger partial charge is 0.309 e. The van der Waals surface area contributed by atoms with Gasteiger partial charge in [0, 0.05) is 23.3 Å². The highest BCUT2D eigenvalue weighted by Gasteiger charge is 2.06. The SMILES string of the molecule is Cc1cc(Nc2nccc(-c3ncc(C)s3)n2)[nH]n1. The first-order valence-corrected chi connectivity index (χ1v) is 6.57. The van der Waals surface area contributed by atoms with Crippen LogP contribution in [0, 0.1) is 13.8 Å². The van der Waals surface area contributed by atoms with E-state index in [0.717, 1.165) is 27.1 Å². The molecule has 0 aliphatic heterocycles. The van der Waals surface area contributed by atoms with Crippen LogP contribution < -0.4 is 5.32 Å². The van der Waals surface area contributed by atoms with Gasteiger partial charge in [0.15, 0.2) is 0 Å². The molecule has 0 atom stereocenters. The minimum Gasteiger partial charge on any atom is -0.309 e. The highest BCUT2D eigenvalue weighted by Crippen LogP contribution is 2.23. The summed E-state index contributed by atoms with van der Waals surface area (Å²) in [5.74, 6) is 1.29. The average Bonchev–Trinajstić information content (AvgIpc) is 2.99. The van der Waals surface area contributed by atoms with Crippen molar-refractivity contribution in [3.63, 3.8) is 0 Å². The third-order valence-electron chi connectivity index (χ3n) is 2.45. The van der Waals surface area contributed by atoms with Crippen molar-refractivity contribution in [2.75, 3.05) is 5.32 Å². The summed E-state index contributed by atoms with van der Waals surface area (Å²) in [5, 5.41) is 10.9. The van der Waals surface area contributed by atoms with Crippen molar-refractivity contribution in [2.45, 2.75) is 13.8 Å². The molecule has 3 aromatic heterocycles. The normalized spacial score (nSPS) is 10.6. The molecule has 0 bridgehead atoms. The summed E-state index contributed by atoms with van der Waals surface area (Å²) in [5.41, 5.74) is 1.72. The van der Waals surface area contributed by atoms with Crippen molar-refractivity contribution in [1.29, 1.82) is 0 Å². The summed E-state index contributed by atoms with van der Waals surface area (Å²) < 4.78 is 0. The molecule has 3 heterocycles. The number of nitrogens with zero attached hydrogens (tertiary/aromatic N) is 4. The number of anilines is 2. The zero-order valence-electron chi connectivity index (χ0n) is 10.5. The van der Waals surface area contributed by atoms with Crippen LogP contribution in [0.15, 0.2) is 24.5 Å². The first-order chi connectivity index (χ1) is 9.20. The van der Waals surface area contributed by atoms with Gasteiger partial charge in [-0.25, -0.2) is 15.0 Å². The fourth-order valence-electron chi connectivity index (χ4n) is 1.62. The molecule has 0 saturated carbocycles. The van der Waals surface area contributed by atoms with E-state index in [-0.39, 0.29) is 0 Å². The Bertz CT molecular complexity index is 702. The zero-order valence-corrected chi connectivity index (χ0v) is 11.3. The van der Waals surface area contributed by atoms with Crippen molar-refractivity contribution in [1.82, 2.24) is 25.1 Å². The van der Waals surface area contributed by atoms with Crippen molar-refractivity contribution in [3.05, 3.63) is 35.1 Å². The van der Waals surface area contributed by atoms with E-state index in [2.05, 4.69) is 30.5 Å². The van der Waals surface area contributed by atoms with Crippen molar-refractivity contribution >= 4 is 23.1 Å². The summed E-state index contributed by atoms with van der Waals surface area (Å²) in [6, 6.07) is 3.74. The van der Waals surface area contributed by atoms with Crippen LogP contribution in [0.3, 0.4) is 0 Å². The Morgan fingerprint density at radius 1 is 1.26 bits per heavy atom. The van der Waals surface area contributed by atoms with E-state index in [1.807, 2.05) is 32.2 Å². The number of H-pyrrole nitrogens is 1. The van der Waals surface area contributed by atoms with Gasteiger partial charge >= 0.3 is 0 Å². The molecule has 19 heavy (non-hydrogen) atoms. The maximum Gasteiger partial charge on any atom is 0.228 e. The number of aromatic amines is 1. The van der Waals surface area contributed by atoms with E-state index in [1.165, 1.54) is 0 Å². The van der Waals surface area contributed by atoms with Gasteiger partial charge in [-0.15, -0.1) is 11.3 Å². The lowest BCUT2D eigenvalue weighted by Gasteiger charge is -2.02. The summed E-state index contributed by atoms with van der Waals surface area (Å²) >= 11 is 1.61. The average molecular weight is 272 g/mol. The smallest absolute Gasteiger partial charge is 0.228 e. The molecular formula is C12H12N6S. The Balaban J connectivity index is 1.87. The third-order valence-corrected chi connectivity index (χ3v) is 3.38. The second-order valence-electron chi connectivity index (χ2n) is 4.09. The standard InChI is InChI=1S/C12H12N6S/c1-7-5-10(18-17-7)16-12-13-4-3-9(15-12)11-14-6-8(2)19-11/h3-6H,1-2H3,(H2,13,15,16,17,18). The number of hydrogen-bond acceptors (Lipinski definition) is 6. The molecule has 0 radical (unpaired) electrons. The van der Waals surface area contributed by atoms with E-state index < -0.39 is 0 Å². The van der Waals surface area contributed by atoms with Gasteiger partial charge in [-0.05, 0) is 19.9 Å². The fraction of sp³-hybridized carbons (Fsp3) is 0.167. The molecule has 0 fully saturated rings. The fourth-order valence-corrected chi connectivity index (χ4v) is 2.35. The molecule has 3 rings (SSSR count). The molecule has 0 spiro atoms. The summed E-state index contributed by atoms with van der Waals surface area (Å²) in [6.45, 7) is 3.94. The second-order valence-corrected chi connectivity index (χ2v) is 5.32. The van der Waals surface area contributed by atoms with Crippen LogP contribution in [-0.4, -0.2) is 25.1 Å². The molecule has 0 aliphatic carbocycles. The highest BCUT2D eigenvalue weighted by molar-refractivity contribution is 7.14. The van der Waals surface area contributed by atoms with Crippen LogP contribution in [0.5, 0.6) is 0 Å². The monoisotopic (exact) mass is 272 g/mol. The summed E-state index contributed by atoms with van der Waals surface area (Å²) in [7, 11) is 0. The van der Waals surface area contributed by atoms with Gasteiger partial charge in [-0.2, -0.15) is 5.10 Å². The number of rotatable bonds is 3. The molecule has 0 saturated heterocycles. The Labute approximate surface area is 114 Å². The minimum atomic E-state index is 0.522. The van der Waals surface area contributed by atoms with Gasteiger partial charge in [0.05, 0.1) is 5.69 Å². The quantitative estimate of drug-likeness (QED) is 0.766. The zero-order chi connectivity index (χ0) is 13.2. The van der Waals surface area contributed by atoms with Crippen LogP contribution >= 0.6 is 11.3 Å². The summed E-state index contributed by atoms with van der Waals surface area (Å²) in [6.07, 6.45) is 3.55. The minimum absolute atomic E-state index is 0.522. The number of aryl methyl sites for hydroxylation is 2. The Kier molecular flexibility index (Phi) is 2.96. The third kappa shape index (κ3) is 2.60. The Morgan fingerprint density at radius 3 is 2.84 bits per heavy atom. The van der Waals surface area contributed by atoms with Crippen LogP contribution in [0.1, 0.15) is 10.6 Å². The van der Waals surface area contributed by atoms with Gasteiger partial charge in [-0.1, -0.05) is 0 Å². The molecule has 0 aromatic carbocycles. The van der Waals surface area contributed by atoms with Crippen molar-refractivity contribution < 1.29 is 0 Å². The van der Waals surface area contributed by atoms with Gasteiger partial charge in [0.2, 0.25) is 5.95 Å². The number of thiazole rings is 1. The van der Waals surface area contributed by atoms with Gasteiger partial charge < -0.3 is 5.32 Å². The van der Waals surface area contributed by atoms with E-state index in [4.69, 9.17) is 0 Å². The highest BCUT2D eigenvalue weighted by atomic mass is 32.1. The molecule has 0 unspecified atom stereocenters. The molecule has 6 nitrogen and oxygen atoms in total. The lowest BCUT2D eigenvalue weighted by Crippen LogP contribution is -1.97. The molecule has 2 N–H and O–H groups in total. The van der Waals surface area contributed by atoms with Crippen molar-refractivity contribution in [2.24, 2.45) is 0 Å².